The Bertz CT molecular complexity index is 946. The Kier molecular flexibility index (Phi) is 5.26. The van der Waals surface area contributed by atoms with E-state index in [1.54, 1.807) is 6.07 Å². The van der Waals surface area contributed by atoms with Gasteiger partial charge in [-0.2, -0.15) is 4.91 Å². The van der Waals surface area contributed by atoms with Crippen molar-refractivity contribution in [2.45, 2.75) is 71.2 Å². The minimum atomic E-state index is -4.80. The predicted octanol–water partition coefficient (Wildman–Crippen LogP) is 7.18. The lowest BCUT2D eigenvalue weighted by Gasteiger charge is -2.42. The minimum absolute atomic E-state index is 0.00271. The normalized spacial score (nSPS) is 17.5. The number of hydrogen-bond donors (Lipinski definition) is 0. The summed E-state index contributed by atoms with van der Waals surface area (Å²) in [5, 5.41) is 2.87. The minimum Gasteiger partial charge on any atom is -0.405 e. The van der Waals surface area contributed by atoms with Crippen LogP contribution in [-0.4, -0.2) is 6.36 Å². The molecule has 0 heterocycles. The van der Waals surface area contributed by atoms with Crippen LogP contribution in [0.4, 0.5) is 13.2 Å². The second-order valence-electron chi connectivity index (χ2n) is 9.15. The maximum Gasteiger partial charge on any atom is 0.573 e. The molecule has 0 unspecified atom stereocenters. The lowest BCUT2D eigenvalue weighted by atomic mass is 9.62. The molecule has 0 aromatic heterocycles. The Balaban J connectivity index is 2.25. The van der Waals surface area contributed by atoms with E-state index in [0.717, 1.165) is 24.0 Å². The fraction of sp³-hybridized carbons (Fsp3) is 0.478. The van der Waals surface area contributed by atoms with Crippen LogP contribution in [0, 0.1) is 11.8 Å². The third kappa shape index (κ3) is 4.31. The molecule has 0 N–H and O–H groups in total. The molecule has 0 aliphatic heterocycles. The summed E-state index contributed by atoms with van der Waals surface area (Å²) in [7, 11) is 0. The van der Waals surface area contributed by atoms with E-state index in [4.69, 9.17) is 0 Å². The molecule has 0 fully saturated rings. The molecule has 0 amide bonds. The first kappa shape index (κ1) is 21.3. The molecule has 29 heavy (non-hydrogen) atoms. The van der Waals surface area contributed by atoms with Crippen LogP contribution in [0.3, 0.4) is 0 Å². The second-order valence-corrected chi connectivity index (χ2v) is 9.15. The smallest absolute Gasteiger partial charge is 0.405 e. The molecule has 1 aliphatic carbocycles. The summed E-state index contributed by atoms with van der Waals surface area (Å²) >= 11 is 0. The molecule has 2 aromatic carbocycles. The number of benzene rings is 2. The summed E-state index contributed by atoms with van der Waals surface area (Å²) in [6.07, 6.45) is -2.76. The van der Waals surface area contributed by atoms with Gasteiger partial charge in [-0.15, -0.1) is 13.2 Å². The second kappa shape index (κ2) is 7.15. The van der Waals surface area contributed by atoms with Crippen molar-refractivity contribution in [2.75, 3.05) is 0 Å². The van der Waals surface area contributed by atoms with Gasteiger partial charge < -0.3 is 4.74 Å². The average Bonchev–Trinajstić information content (AvgIpc) is 2.59. The highest BCUT2D eigenvalue weighted by atomic mass is 19.4. The van der Waals surface area contributed by atoms with Crippen LogP contribution >= 0.6 is 0 Å². The van der Waals surface area contributed by atoms with Gasteiger partial charge in [-0.1, -0.05) is 45.0 Å². The van der Waals surface area contributed by atoms with Crippen molar-refractivity contribution < 1.29 is 17.9 Å². The first-order chi connectivity index (χ1) is 13.3. The van der Waals surface area contributed by atoms with Crippen LogP contribution in [-0.2, 0) is 17.4 Å². The van der Waals surface area contributed by atoms with E-state index < -0.39 is 6.36 Å². The van der Waals surface area contributed by atoms with Crippen molar-refractivity contribution in [3.63, 3.8) is 0 Å². The Morgan fingerprint density at radius 1 is 0.966 bits per heavy atom. The van der Waals surface area contributed by atoms with Crippen molar-refractivity contribution in [2.24, 2.45) is 5.18 Å². The molecule has 3 nitrogen and oxygen atoms in total. The van der Waals surface area contributed by atoms with E-state index >= 15 is 0 Å². The van der Waals surface area contributed by atoms with Crippen molar-refractivity contribution in [3.05, 3.63) is 57.5 Å². The number of halogens is 3. The van der Waals surface area contributed by atoms with Gasteiger partial charge in [-0.3, -0.25) is 0 Å². The summed E-state index contributed by atoms with van der Waals surface area (Å²) in [6, 6.07) is 8.36. The molecule has 156 valence electrons. The number of ether oxygens (including phenoxy) is 1. The third-order valence-corrected chi connectivity index (χ3v) is 6.00. The zero-order valence-corrected chi connectivity index (χ0v) is 17.4. The number of fused-ring (bicyclic) bond motifs is 1. The molecule has 2 aromatic rings. The summed E-state index contributed by atoms with van der Waals surface area (Å²) in [4.78, 5) is 10.7. The van der Waals surface area contributed by atoms with Gasteiger partial charge >= 0.3 is 6.36 Å². The van der Waals surface area contributed by atoms with Gasteiger partial charge in [-0.25, -0.2) is 0 Å². The number of rotatable bonds is 4. The lowest BCUT2D eigenvalue weighted by Crippen LogP contribution is -2.34. The van der Waals surface area contributed by atoms with Crippen molar-refractivity contribution >= 4 is 0 Å². The third-order valence-electron chi connectivity index (χ3n) is 6.00. The zero-order chi connectivity index (χ0) is 21.6. The van der Waals surface area contributed by atoms with E-state index in [0.29, 0.717) is 16.7 Å². The van der Waals surface area contributed by atoms with Gasteiger partial charge in [0, 0.05) is 5.56 Å². The van der Waals surface area contributed by atoms with Crippen molar-refractivity contribution in [3.8, 4) is 16.9 Å². The summed E-state index contributed by atoms with van der Waals surface area (Å²) in [6.45, 7) is 10.5. The standard InChI is InChI=1S/C23H26F3NO2/c1-14-10-18-19(22(4,5)9-8-21(18,2)3)12-16(14)17-11-15(13-27-28)6-7-20(17)29-23(24,25)26/h6-7,10-12H,8-9,13H2,1-5H3. The number of hydrogen-bond acceptors (Lipinski definition) is 3. The molecular weight excluding hydrogens is 379 g/mol. The van der Waals surface area contributed by atoms with Crippen molar-refractivity contribution in [1.82, 2.24) is 0 Å². The topological polar surface area (TPSA) is 38.7 Å². The monoisotopic (exact) mass is 405 g/mol. The molecule has 0 atom stereocenters. The molecular formula is C23H26F3NO2. The first-order valence-corrected chi connectivity index (χ1v) is 9.68. The van der Waals surface area contributed by atoms with E-state index in [1.165, 1.54) is 17.7 Å². The molecule has 3 rings (SSSR count). The molecule has 6 heteroatoms. The molecule has 0 bridgehead atoms. The van der Waals surface area contributed by atoms with Gasteiger partial charge in [0.05, 0.1) is 0 Å². The fourth-order valence-corrected chi connectivity index (χ4v) is 4.19. The maximum atomic E-state index is 13.0. The highest BCUT2D eigenvalue weighted by molar-refractivity contribution is 5.76. The molecule has 0 radical (unpaired) electrons. The zero-order valence-electron chi connectivity index (χ0n) is 17.4. The van der Waals surface area contributed by atoms with E-state index in [9.17, 15) is 18.1 Å². The Morgan fingerprint density at radius 3 is 2.10 bits per heavy atom. The van der Waals surface area contributed by atoms with Gasteiger partial charge in [0.25, 0.3) is 0 Å². The highest BCUT2D eigenvalue weighted by Crippen LogP contribution is 2.48. The van der Waals surface area contributed by atoms with Crippen LogP contribution < -0.4 is 4.74 Å². The fourth-order valence-electron chi connectivity index (χ4n) is 4.19. The Morgan fingerprint density at radius 2 is 1.55 bits per heavy atom. The summed E-state index contributed by atoms with van der Waals surface area (Å²) in [5.74, 6) is -0.275. The van der Waals surface area contributed by atoms with Crippen LogP contribution in [0.5, 0.6) is 5.75 Å². The van der Waals surface area contributed by atoms with Crippen LogP contribution in [0.15, 0.2) is 35.5 Å². The number of nitroso groups, excluding NO2 is 1. The van der Waals surface area contributed by atoms with E-state index in [2.05, 4.69) is 43.7 Å². The highest BCUT2D eigenvalue weighted by Gasteiger charge is 2.38. The average molecular weight is 405 g/mol. The molecule has 0 saturated carbocycles. The van der Waals surface area contributed by atoms with Gasteiger partial charge in [0.1, 0.15) is 12.3 Å². The van der Waals surface area contributed by atoms with Crippen LogP contribution in [0.25, 0.3) is 11.1 Å². The Labute approximate surface area is 169 Å². The first-order valence-electron chi connectivity index (χ1n) is 9.68. The number of alkyl halides is 3. The van der Waals surface area contributed by atoms with E-state index in [1.807, 2.05) is 13.0 Å². The molecule has 0 spiro atoms. The van der Waals surface area contributed by atoms with Gasteiger partial charge in [0.2, 0.25) is 0 Å². The lowest BCUT2D eigenvalue weighted by molar-refractivity contribution is -0.274. The number of nitrogens with zero attached hydrogens (tertiary/aromatic N) is 1. The van der Waals surface area contributed by atoms with Crippen LogP contribution in [0.2, 0.25) is 0 Å². The summed E-state index contributed by atoms with van der Waals surface area (Å²) < 4.78 is 43.3. The van der Waals surface area contributed by atoms with Gasteiger partial charge in [-0.05, 0) is 76.6 Å². The quantitative estimate of drug-likeness (QED) is 0.506. The predicted molar refractivity (Wildman–Crippen MR) is 108 cm³/mol. The van der Waals surface area contributed by atoms with Gasteiger partial charge in [0.15, 0.2) is 0 Å². The SMILES string of the molecule is Cc1cc2c(cc1-c1cc(CN=O)ccc1OC(F)(F)F)C(C)(C)CCC2(C)C. The summed E-state index contributed by atoms with van der Waals surface area (Å²) in [5.41, 5.74) is 4.72. The van der Waals surface area contributed by atoms with Crippen LogP contribution in [0.1, 0.15) is 62.8 Å². The number of aryl methyl sites for hydroxylation is 1. The van der Waals surface area contributed by atoms with Crippen molar-refractivity contribution in [1.29, 1.82) is 0 Å². The maximum absolute atomic E-state index is 13.0. The molecule has 0 saturated heterocycles. The Hall–Kier alpha value is -2.37. The largest absolute Gasteiger partial charge is 0.573 e. The molecule has 1 aliphatic rings. The van der Waals surface area contributed by atoms with E-state index in [-0.39, 0.29) is 23.1 Å².